The van der Waals surface area contributed by atoms with Crippen molar-refractivity contribution < 1.29 is 14.3 Å². The number of carbonyl (C=O) groups is 2. The van der Waals surface area contributed by atoms with Crippen LogP contribution in [0.3, 0.4) is 0 Å². The number of ketones is 2. The van der Waals surface area contributed by atoms with Crippen molar-refractivity contribution in [3.05, 3.63) is 79.7 Å². The van der Waals surface area contributed by atoms with E-state index in [-0.39, 0.29) is 22.5 Å². The van der Waals surface area contributed by atoms with Gasteiger partial charge in [-0.25, -0.2) is 0 Å². The van der Waals surface area contributed by atoms with Crippen LogP contribution < -0.4 is 9.48 Å². The Balaban J connectivity index is 1.75. The van der Waals surface area contributed by atoms with E-state index in [1.165, 1.54) is 6.08 Å². The summed E-state index contributed by atoms with van der Waals surface area (Å²) >= 11 is 4.38. The van der Waals surface area contributed by atoms with Crippen LogP contribution >= 0.6 is 27.3 Å². The fourth-order valence-electron chi connectivity index (χ4n) is 2.51. The maximum atomic E-state index is 12.4. The van der Waals surface area contributed by atoms with Gasteiger partial charge in [0.25, 0.3) is 0 Å². The zero-order valence-corrected chi connectivity index (χ0v) is 16.8. The van der Waals surface area contributed by atoms with E-state index in [0.29, 0.717) is 0 Å². The van der Waals surface area contributed by atoms with Gasteiger partial charge in [0.2, 0.25) is 4.74 Å². The highest BCUT2D eigenvalue weighted by atomic mass is 79.9. The molecule has 0 atom stereocenters. The molecule has 0 spiro atoms. The number of allylic oxidation sites excluding steroid dienone is 1. The Morgan fingerprint density at radius 2 is 1.85 bits per heavy atom. The summed E-state index contributed by atoms with van der Waals surface area (Å²) in [5.41, 5.74) is 0.871. The summed E-state index contributed by atoms with van der Waals surface area (Å²) < 4.78 is 6.40. The fourth-order valence-corrected chi connectivity index (χ4v) is 3.74. The van der Waals surface area contributed by atoms with Crippen LogP contribution in [0.5, 0.6) is 5.75 Å². The summed E-state index contributed by atoms with van der Waals surface area (Å²) in [5, 5.41) is 0.790. The Bertz CT molecular complexity index is 1100. The summed E-state index contributed by atoms with van der Waals surface area (Å²) in [7, 11) is 1.58. The number of hydrogen-bond acceptors (Lipinski definition) is 5. The van der Waals surface area contributed by atoms with Crippen molar-refractivity contribution in [3.63, 3.8) is 0 Å². The standard InChI is InChI=1S/C21H15BrO4S/c1-26-17-7-3-13(4-8-17)2-6-16(23)12-19(24)18-11-14-10-15(22)5-9-20(14)27-21(18)25/h2-11H,12H2,1H3/b6-2-. The van der Waals surface area contributed by atoms with Crippen LogP contribution in [0.1, 0.15) is 22.3 Å². The number of ether oxygens (including phenoxy) is 1. The molecule has 0 unspecified atom stereocenters. The van der Waals surface area contributed by atoms with E-state index in [1.54, 1.807) is 31.4 Å². The molecule has 0 saturated carbocycles. The molecule has 1 aromatic heterocycles. The number of fused-ring (bicyclic) bond motifs is 1. The van der Waals surface area contributed by atoms with Crippen molar-refractivity contribution in [3.8, 4) is 5.75 Å². The van der Waals surface area contributed by atoms with Gasteiger partial charge in [0.15, 0.2) is 11.6 Å². The van der Waals surface area contributed by atoms with Gasteiger partial charge in [-0.2, -0.15) is 0 Å². The van der Waals surface area contributed by atoms with Crippen LogP contribution in [0.4, 0.5) is 0 Å². The number of methoxy groups -OCH3 is 1. The highest BCUT2D eigenvalue weighted by Crippen LogP contribution is 2.22. The summed E-state index contributed by atoms with van der Waals surface area (Å²) in [4.78, 5) is 36.8. The third-order valence-corrected chi connectivity index (χ3v) is 5.40. The van der Waals surface area contributed by atoms with Crippen LogP contribution in [0.2, 0.25) is 0 Å². The first-order valence-electron chi connectivity index (χ1n) is 8.08. The quantitative estimate of drug-likeness (QED) is 0.309. The van der Waals surface area contributed by atoms with Crippen LogP contribution in [-0.2, 0) is 4.79 Å². The lowest BCUT2D eigenvalue weighted by molar-refractivity contribution is -0.113. The molecule has 3 rings (SSSR count). The topological polar surface area (TPSA) is 60.4 Å². The summed E-state index contributed by atoms with van der Waals surface area (Å²) in [5.74, 6) is -0.0992. The molecule has 6 heteroatoms. The van der Waals surface area contributed by atoms with Gasteiger partial charge >= 0.3 is 0 Å². The Morgan fingerprint density at radius 3 is 2.56 bits per heavy atom. The van der Waals surface area contributed by atoms with Crippen LogP contribution in [-0.4, -0.2) is 18.7 Å². The Labute approximate surface area is 168 Å². The fraction of sp³-hybridized carbons (Fsp3) is 0.0952. The van der Waals surface area contributed by atoms with E-state index in [2.05, 4.69) is 15.9 Å². The number of halogens is 1. The van der Waals surface area contributed by atoms with Crippen LogP contribution in [0.25, 0.3) is 16.2 Å². The monoisotopic (exact) mass is 442 g/mol. The average Bonchev–Trinajstić information content (AvgIpc) is 2.66. The van der Waals surface area contributed by atoms with Gasteiger partial charge < -0.3 is 4.74 Å². The number of hydrogen-bond donors (Lipinski definition) is 0. The normalized spacial score (nSPS) is 11.0. The van der Waals surface area contributed by atoms with Crippen molar-refractivity contribution in [1.82, 2.24) is 0 Å². The van der Waals surface area contributed by atoms with Crippen molar-refractivity contribution in [2.75, 3.05) is 7.11 Å². The molecule has 1 heterocycles. The molecule has 0 fully saturated rings. The van der Waals surface area contributed by atoms with Gasteiger partial charge in [0.05, 0.1) is 19.1 Å². The zero-order chi connectivity index (χ0) is 19.4. The van der Waals surface area contributed by atoms with Gasteiger partial charge in [-0.1, -0.05) is 45.5 Å². The zero-order valence-electron chi connectivity index (χ0n) is 14.4. The SMILES string of the molecule is COc1ccc(/C=C\C(=O)CC(=O)c2cc3cc(Br)ccc3sc2=O)cc1. The first-order valence-corrected chi connectivity index (χ1v) is 9.69. The molecule has 0 aliphatic heterocycles. The molecule has 4 nitrogen and oxygen atoms in total. The van der Waals surface area contributed by atoms with Gasteiger partial charge in [-0.3, -0.25) is 14.4 Å². The van der Waals surface area contributed by atoms with Gasteiger partial charge in [-0.05, 0) is 53.4 Å². The molecular formula is C21H15BrO4S. The number of benzene rings is 2. The average molecular weight is 443 g/mol. The molecule has 0 saturated heterocycles. The third kappa shape index (κ3) is 4.78. The van der Waals surface area contributed by atoms with Crippen molar-refractivity contribution in [2.24, 2.45) is 0 Å². The predicted molar refractivity (Wildman–Crippen MR) is 112 cm³/mol. The molecule has 3 aromatic rings. The largest absolute Gasteiger partial charge is 0.497 e. The van der Waals surface area contributed by atoms with E-state index in [1.807, 2.05) is 30.3 Å². The summed E-state index contributed by atoms with van der Waals surface area (Å²) in [6, 6.07) is 14.2. The van der Waals surface area contributed by atoms with Crippen molar-refractivity contribution in [2.45, 2.75) is 6.42 Å². The Hall–Kier alpha value is -2.57. The summed E-state index contributed by atoms with van der Waals surface area (Å²) in [6.45, 7) is 0. The van der Waals surface area contributed by atoms with Gasteiger partial charge in [-0.15, -0.1) is 0 Å². The van der Waals surface area contributed by atoms with E-state index >= 15 is 0 Å². The molecule has 27 heavy (non-hydrogen) atoms. The second kappa shape index (κ2) is 8.41. The van der Waals surface area contributed by atoms with E-state index < -0.39 is 5.78 Å². The minimum atomic E-state index is -0.470. The lowest BCUT2D eigenvalue weighted by Crippen LogP contribution is -2.14. The Kier molecular flexibility index (Phi) is 5.98. The van der Waals surface area contributed by atoms with E-state index in [0.717, 1.165) is 37.2 Å². The molecule has 0 bridgehead atoms. The molecular weight excluding hydrogens is 428 g/mol. The van der Waals surface area contributed by atoms with Gasteiger partial charge in [0.1, 0.15) is 5.75 Å². The smallest absolute Gasteiger partial charge is 0.243 e. The highest BCUT2D eigenvalue weighted by Gasteiger charge is 2.15. The maximum Gasteiger partial charge on any atom is 0.243 e. The molecule has 0 amide bonds. The third-order valence-electron chi connectivity index (χ3n) is 3.91. The number of carbonyl (C=O) groups excluding carboxylic acids is 2. The highest BCUT2D eigenvalue weighted by molar-refractivity contribution is 9.10. The lowest BCUT2D eigenvalue weighted by atomic mass is 10.1. The van der Waals surface area contributed by atoms with Gasteiger partial charge in [0, 0.05) is 9.17 Å². The van der Waals surface area contributed by atoms with Crippen molar-refractivity contribution >= 4 is 55.0 Å². The van der Waals surface area contributed by atoms with E-state index in [9.17, 15) is 14.4 Å². The second-order valence-corrected chi connectivity index (χ2v) is 7.73. The van der Waals surface area contributed by atoms with E-state index in [4.69, 9.17) is 4.74 Å². The first-order chi connectivity index (χ1) is 13.0. The maximum absolute atomic E-state index is 12.4. The molecule has 0 aliphatic carbocycles. The predicted octanol–water partition coefficient (Wildman–Crippen LogP) is 4.89. The second-order valence-electron chi connectivity index (χ2n) is 5.80. The minimum absolute atomic E-state index is 0.0526. The molecule has 136 valence electrons. The minimum Gasteiger partial charge on any atom is -0.497 e. The Morgan fingerprint density at radius 1 is 1.11 bits per heavy atom. The van der Waals surface area contributed by atoms with Crippen LogP contribution in [0.15, 0.2) is 63.9 Å². The molecule has 0 aliphatic rings. The molecule has 0 N–H and O–H groups in total. The molecule has 2 aromatic carbocycles. The first kappa shape index (κ1) is 19.2. The number of rotatable bonds is 6. The number of Topliss-reactive ketones (excluding diaryl/α,β-unsaturated/α-hetero) is 1. The summed E-state index contributed by atoms with van der Waals surface area (Å²) in [6.07, 6.45) is 2.65. The molecule has 0 radical (unpaired) electrons. The van der Waals surface area contributed by atoms with Crippen LogP contribution in [0, 0.1) is 0 Å². The lowest BCUT2D eigenvalue weighted by Gasteiger charge is -2.02. The van der Waals surface area contributed by atoms with Crippen molar-refractivity contribution in [1.29, 1.82) is 0 Å².